The van der Waals surface area contributed by atoms with E-state index in [4.69, 9.17) is 0 Å². The minimum atomic E-state index is -5.02. The molecule has 1 heterocycles. The Labute approximate surface area is 175 Å². The van der Waals surface area contributed by atoms with Crippen molar-refractivity contribution < 1.29 is 41.1 Å². The van der Waals surface area contributed by atoms with Crippen molar-refractivity contribution in [3.05, 3.63) is 65.2 Å². The average molecular weight is 458 g/mol. The molecule has 0 saturated heterocycles. The zero-order chi connectivity index (χ0) is 22.9. The van der Waals surface area contributed by atoms with Crippen LogP contribution in [0.4, 0.5) is 13.2 Å². The highest BCUT2D eigenvalue weighted by Crippen LogP contribution is 2.38. The summed E-state index contributed by atoms with van der Waals surface area (Å²) in [6.45, 7) is -0.184. The molecule has 1 aliphatic rings. The maximum absolute atomic E-state index is 12.9. The summed E-state index contributed by atoms with van der Waals surface area (Å²) in [6.07, 6.45) is -5.92. The lowest BCUT2D eigenvalue weighted by atomic mass is 10.0. The van der Waals surface area contributed by atoms with Crippen molar-refractivity contribution in [2.24, 2.45) is 5.16 Å². The Morgan fingerprint density at radius 1 is 1.26 bits per heavy atom. The Bertz CT molecular complexity index is 1130. The van der Waals surface area contributed by atoms with Gasteiger partial charge in [0.1, 0.15) is 0 Å². The SMILES string of the molecule is COC(=O)c1cccc(S(=O)(=O)NCc2cccc(C3=NOC(O)(C(F)(F)F)C3)c2)c1. The molecule has 2 N–H and O–H groups in total. The van der Waals surface area contributed by atoms with Crippen molar-refractivity contribution in [2.45, 2.75) is 29.8 Å². The number of hydrogen-bond donors (Lipinski definition) is 2. The van der Waals surface area contributed by atoms with Crippen LogP contribution in [0.25, 0.3) is 0 Å². The number of oxime groups is 1. The van der Waals surface area contributed by atoms with E-state index < -0.39 is 34.4 Å². The molecule has 0 fully saturated rings. The lowest BCUT2D eigenvalue weighted by Gasteiger charge is -2.22. The fraction of sp³-hybridized carbons (Fsp3) is 0.263. The molecule has 0 aliphatic carbocycles. The Hall–Kier alpha value is -2.96. The van der Waals surface area contributed by atoms with Crippen LogP contribution in [0.2, 0.25) is 0 Å². The van der Waals surface area contributed by atoms with E-state index in [9.17, 15) is 31.5 Å². The van der Waals surface area contributed by atoms with E-state index in [0.29, 0.717) is 5.56 Å². The number of sulfonamides is 1. The number of nitrogens with zero attached hydrogens (tertiary/aromatic N) is 1. The number of aliphatic hydroxyl groups is 1. The Morgan fingerprint density at radius 3 is 2.61 bits per heavy atom. The Balaban J connectivity index is 1.73. The molecule has 0 spiro atoms. The number of methoxy groups -OCH3 is 1. The van der Waals surface area contributed by atoms with Gasteiger partial charge in [0.05, 0.1) is 29.7 Å². The lowest BCUT2D eigenvalue weighted by Crippen LogP contribution is -2.45. The molecule has 0 radical (unpaired) electrons. The molecule has 0 bridgehead atoms. The second kappa shape index (κ2) is 8.29. The molecule has 166 valence electrons. The third-order valence-corrected chi connectivity index (χ3v) is 5.85. The summed E-state index contributed by atoms with van der Waals surface area (Å²) in [4.78, 5) is 15.6. The first-order valence-electron chi connectivity index (χ1n) is 8.77. The van der Waals surface area contributed by atoms with Crippen LogP contribution < -0.4 is 4.72 Å². The predicted octanol–water partition coefficient (Wildman–Crippen LogP) is 2.33. The van der Waals surface area contributed by atoms with Gasteiger partial charge < -0.3 is 14.7 Å². The van der Waals surface area contributed by atoms with Gasteiger partial charge in [-0.05, 0) is 35.4 Å². The number of rotatable bonds is 6. The summed E-state index contributed by atoms with van der Waals surface area (Å²) in [5, 5.41) is 12.9. The smallest absolute Gasteiger partial charge is 0.458 e. The van der Waals surface area contributed by atoms with E-state index in [0.717, 1.165) is 6.07 Å². The van der Waals surface area contributed by atoms with Crippen LogP contribution in [-0.2, 0) is 26.1 Å². The van der Waals surface area contributed by atoms with E-state index in [1.165, 1.54) is 43.5 Å². The minimum Gasteiger partial charge on any atom is -0.465 e. The maximum atomic E-state index is 12.9. The molecular weight excluding hydrogens is 441 g/mol. The number of carbonyl (C=O) groups is 1. The minimum absolute atomic E-state index is 0.0590. The van der Waals surface area contributed by atoms with Crippen LogP contribution in [0.3, 0.4) is 0 Å². The van der Waals surface area contributed by atoms with Gasteiger partial charge in [-0.15, -0.1) is 0 Å². The molecule has 1 aliphatic heterocycles. The van der Waals surface area contributed by atoms with Crippen molar-refractivity contribution >= 4 is 21.7 Å². The third kappa shape index (κ3) is 4.86. The van der Waals surface area contributed by atoms with Crippen LogP contribution in [0, 0.1) is 0 Å². The second-order valence-electron chi connectivity index (χ2n) is 6.63. The topological polar surface area (TPSA) is 114 Å². The molecule has 12 heteroatoms. The molecule has 0 saturated carbocycles. The summed E-state index contributed by atoms with van der Waals surface area (Å²) in [5.41, 5.74) is 0.596. The van der Waals surface area contributed by atoms with Crippen LogP contribution in [0.15, 0.2) is 58.6 Å². The number of halogens is 3. The van der Waals surface area contributed by atoms with E-state index in [1.807, 2.05) is 0 Å². The van der Waals surface area contributed by atoms with Gasteiger partial charge in [0.25, 0.3) is 0 Å². The van der Waals surface area contributed by atoms with Gasteiger partial charge in [0.15, 0.2) is 0 Å². The molecule has 1 unspecified atom stereocenters. The number of ether oxygens (including phenoxy) is 1. The van der Waals surface area contributed by atoms with E-state index in [1.54, 1.807) is 6.07 Å². The van der Waals surface area contributed by atoms with Crippen molar-refractivity contribution in [1.82, 2.24) is 4.72 Å². The molecule has 0 aromatic heterocycles. The van der Waals surface area contributed by atoms with E-state index in [-0.39, 0.29) is 28.3 Å². The number of benzene rings is 2. The van der Waals surface area contributed by atoms with Crippen LogP contribution in [-0.4, -0.2) is 44.3 Å². The number of nitrogens with one attached hydrogen (secondary N) is 1. The van der Waals surface area contributed by atoms with Gasteiger partial charge in [0, 0.05) is 6.54 Å². The van der Waals surface area contributed by atoms with Gasteiger partial charge in [0.2, 0.25) is 10.0 Å². The number of esters is 1. The first-order valence-corrected chi connectivity index (χ1v) is 10.2. The highest BCUT2D eigenvalue weighted by Gasteiger charge is 2.60. The lowest BCUT2D eigenvalue weighted by molar-refractivity contribution is -0.355. The van der Waals surface area contributed by atoms with Gasteiger partial charge in [-0.3, -0.25) is 0 Å². The summed E-state index contributed by atoms with van der Waals surface area (Å²) in [6, 6.07) is 11.2. The maximum Gasteiger partial charge on any atom is 0.458 e. The normalized spacial score (nSPS) is 18.9. The van der Waals surface area contributed by atoms with Gasteiger partial charge in [-0.2, -0.15) is 13.2 Å². The van der Waals surface area contributed by atoms with Crippen molar-refractivity contribution in [3.8, 4) is 0 Å². The van der Waals surface area contributed by atoms with E-state index >= 15 is 0 Å². The molecule has 31 heavy (non-hydrogen) atoms. The Kier molecular flexibility index (Phi) is 6.07. The molecule has 2 aromatic carbocycles. The zero-order valence-corrected chi connectivity index (χ0v) is 16.8. The average Bonchev–Trinajstić information content (AvgIpc) is 3.16. The van der Waals surface area contributed by atoms with Crippen molar-refractivity contribution in [2.75, 3.05) is 7.11 Å². The van der Waals surface area contributed by atoms with Crippen LogP contribution in [0.1, 0.15) is 27.9 Å². The van der Waals surface area contributed by atoms with Crippen molar-refractivity contribution in [1.29, 1.82) is 0 Å². The summed E-state index contributed by atoms with van der Waals surface area (Å²) in [7, 11) is -2.82. The highest BCUT2D eigenvalue weighted by molar-refractivity contribution is 7.89. The van der Waals surface area contributed by atoms with Gasteiger partial charge in [-0.1, -0.05) is 29.4 Å². The fourth-order valence-corrected chi connectivity index (χ4v) is 3.82. The van der Waals surface area contributed by atoms with E-state index in [2.05, 4.69) is 19.5 Å². The first kappa shape index (κ1) is 22.7. The highest BCUT2D eigenvalue weighted by atomic mass is 32.2. The molecule has 0 amide bonds. The number of alkyl halides is 3. The Morgan fingerprint density at radius 2 is 1.97 bits per heavy atom. The first-order chi connectivity index (χ1) is 14.4. The zero-order valence-electron chi connectivity index (χ0n) is 16.0. The van der Waals surface area contributed by atoms with Crippen LogP contribution in [0.5, 0.6) is 0 Å². The predicted molar refractivity (Wildman–Crippen MR) is 101 cm³/mol. The fourth-order valence-electron chi connectivity index (χ4n) is 2.76. The quantitative estimate of drug-likeness (QED) is 0.643. The van der Waals surface area contributed by atoms with Crippen molar-refractivity contribution in [3.63, 3.8) is 0 Å². The standard InChI is InChI=1S/C19H17F3N2O6S/c1-29-17(25)14-6-3-7-15(9-14)31(27,28)23-11-12-4-2-5-13(8-12)16-10-18(26,30-24-16)19(20,21)22/h2-9,23,26H,10-11H2,1H3. The number of carbonyl (C=O) groups excluding carboxylic acids is 1. The monoisotopic (exact) mass is 458 g/mol. The summed E-state index contributed by atoms with van der Waals surface area (Å²) in [5.74, 6) is -4.09. The largest absolute Gasteiger partial charge is 0.465 e. The summed E-state index contributed by atoms with van der Waals surface area (Å²) >= 11 is 0. The van der Waals surface area contributed by atoms with Gasteiger partial charge >= 0.3 is 17.9 Å². The van der Waals surface area contributed by atoms with Gasteiger partial charge in [-0.25, -0.2) is 17.9 Å². The summed E-state index contributed by atoms with van der Waals surface area (Å²) < 4.78 is 70.6. The molecule has 8 nitrogen and oxygen atoms in total. The molecular formula is C19H17F3N2O6S. The number of hydrogen-bond acceptors (Lipinski definition) is 7. The molecule has 3 rings (SSSR count). The molecule has 1 atom stereocenters. The van der Waals surface area contributed by atoms with Crippen LogP contribution >= 0.6 is 0 Å². The third-order valence-electron chi connectivity index (χ3n) is 4.45. The molecule has 2 aromatic rings. The second-order valence-corrected chi connectivity index (χ2v) is 8.40.